The van der Waals surface area contributed by atoms with E-state index in [9.17, 15) is 20.1 Å². The topological polar surface area (TPSA) is 77.8 Å². The molecule has 4 heteroatoms. The van der Waals surface area contributed by atoms with Crippen LogP contribution in [0.25, 0.3) is 0 Å². The van der Waals surface area contributed by atoms with E-state index in [2.05, 4.69) is 34.6 Å². The number of carboxylic acids is 1. The number of rotatable bonds is 10. The molecule has 0 saturated heterocycles. The first-order valence-electron chi connectivity index (χ1n) is 14.1. The van der Waals surface area contributed by atoms with Crippen molar-refractivity contribution in [3.05, 3.63) is 11.1 Å². The van der Waals surface area contributed by atoms with Crippen LogP contribution in [0.3, 0.4) is 0 Å². The van der Waals surface area contributed by atoms with Gasteiger partial charge >= 0.3 is 5.97 Å². The van der Waals surface area contributed by atoms with E-state index in [0.717, 1.165) is 57.8 Å². The summed E-state index contributed by atoms with van der Waals surface area (Å²) in [6.07, 6.45) is 11.2. The van der Waals surface area contributed by atoms with Gasteiger partial charge in [-0.2, -0.15) is 0 Å². The van der Waals surface area contributed by atoms with Crippen molar-refractivity contribution in [2.45, 2.75) is 137 Å². The van der Waals surface area contributed by atoms with Crippen molar-refractivity contribution in [2.24, 2.45) is 34.0 Å². The maximum absolute atomic E-state index is 12.5. The van der Waals surface area contributed by atoms with Crippen LogP contribution in [0.1, 0.15) is 126 Å². The third kappa shape index (κ3) is 4.88. The highest BCUT2D eigenvalue weighted by Crippen LogP contribution is 2.70. The van der Waals surface area contributed by atoms with Gasteiger partial charge in [0, 0.05) is 0 Å². The maximum Gasteiger partial charge on any atom is 0.306 e. The summed E-state index contributed by atoms with van der Waals surface area (Å²) in [5.41, 5.74) is 2.79. The zero-order valence-corrected chi connectivity index (χ0v) is 23.0. The van der Waals surface area contributed by atoms with Crippen LogP contribution in [-0.4, -0.2) is 33.0 Å². The normalized spacial score (nSPS) is 37.8. The van der Waals surface area contributed by atoms with Crippen molar-refractivity contribution in [2.75, 3.05) is 0 Å². The lowest BCUT2D eigenvalue weighted by atomic mass is 9.47. The standard InChI is InChI=1S/C30H52O4/c1-8-21(31)13-17-28(5)20(2)11-12-25-24(28)15-19-29(6)23(14-18-30(25,29)7)22(26(32)33)10-9-16-27(3,4)34/h20-23,31,34H,8-19H2,1-7H3,(H,32,33)/t20?,21-,22-,23?,28+,29-,30+/m1/s1. The lowest BCUT2D eigenvalue weighted by Crippen LogP contribution is -2.48. The smallest absolute Gasteiger partial charge is 0.306 e. The first-order chi connectivity index (χ1) is 15.7. The molecule has 2 unspecified atom stereocenters. The lowest BCUT2D eigenvalue weighted by Gasteiger charge is -2.57. The SMILES string of the molecule is CC[C@@H](O)CC[C@]1(C)C2=C(CCC1C)[C@]1(C)CCC([C@@H](CCCC(C)(C)O)C(=O)O)[C@@]1(C)CC2. The number of carbonyl (C=O) groups is 1. The molecule has 0 radical (unpaired) electrons. The summed E-state index contributed by atoms with van der Waals surface area (Å²) in [4.78, 5) is 12.5. The number of aliphatic hydroxyl groups is 2. The lowest BCUT2D eigenvalue weighted by molar-refractivity contribution is -0.147. The van der Waals surface area contributed by atoms with Gasteiger partial charge in [-0.15, -0.1) is 0 Å². The second kappa shape index (κ2) is 9.88. The number of hydrogen-bond acceptors (Lipinski definition) is 3. The van der Waals surface area contributed by atoms with Crippen LogP contribution in [0.5, 0.6) is 0 Å². The summed E-state index contributed by atoms with van der Waals surface area (Å²) < 4.78 is 0. The average Bonchev–Trinajstić information content (AvgIpc) is 3.02. The molecule has 3 rings (SSSR count). The Bertz CT molecular complexity index is 779. The Labute approximate surface area is 208 Å². The molecule has 0 aromatic carbocycles. The summed E-state index contributed by atoms with van der Waals surface area (Å²) in [6, 6.07) is 0. The summed E-state index contributed by atoms with van der Waals surface area (Å²) in [7, 11) is 0. The largest absolute Gasteiger partial charge is 0.481 e. The quantitative estimate of drug-likeness (QED) is 0.293. The van der Waals surface area contributed by atoms with Crippen LogP contribution in [0.2, 0.25) is 0 Å². The number of carboxylic acid groups (broad SMARTS) is 1. The van der Waals surface area contributed by atoms with Crippen LogP contribution in [0, 0.1) is 34.0 Å². The van der Waals surface area contributed by atoms with Crippen molar-refractivity contribution in [3.63, 3.8) is 0 Å². The van der Waals surface area contributed by atoms with Gasteiger partial charge in [0.1, 0.15) is 0 Å². The second-order valence-electron chi connectivity index (χ2n) is 13.5. The molecule has 4 nitrogen and oxygen atoms in total. The molecule has 3 aliphatic rings. The molecule has 1 fully saturated rings. The summed E-state index contributed by atoms with van der Waals surface area (Å²) in [6.45, 7) is 15.4. The van der Waals surface area contributed by atoms with Gasteiger partial charge < -0.3 is 15.3 Å². The van der Waals surface area contributed by atoms with Crippen molar-refractivity contribution in [1.82, 2.24) is 0 Å². The molecule has 1 saturated carbocycles. The maximum atomic E-state index is 12.5. The molecule has 7 atom stereocenters. The zero-order chi connectivity index (χ0) is 25.5. The van der Waals surface area contributed by atoms with E-state index in [1.165, 1.54) is 6.42 Å². The number of allylic oxidation sites excluding steroid dienone is 2. The van der Waals surface area contributed by atoms with E-state index in [0.29, 0.717) is 18.8 Å². The Kier molecular flexibility index (Phi) is 8.06. The van der Waals surface area contributed by atoms with Gasteiger partial charge in [-0.05, 0) is 119 Å². The monoisotopic (exact) mass is 476 g/mol. The second-order valence-corrected chi connectivity index (χ2v) is 13.5. The highest BCUT2D eigenvalue weighted by Gasteiger charge is 2.62. The van der Waals surface area contributed by atoms with Gasteiger partial charge in [0.15, 0.2) is 0 Å². The first-order valence-corrected chi connectivity index (χ1v) is 14.1. The molecule has 0 spiro atoms. The Balaban J connectivity index is 1.90. The fourth-order valence-electron chi connectivity index (χ4n) is 8.28. The fraction of sp³-hybridized carbons (Fsp3) is 0.900. The Morgan fingerprint density at radius 2 is 1.76 bits per heavy atom. The van der Waals surface area contributed by atoms with E-state index < -0.39 is 11.6 Å². The molecule has 0 bridgehead atoms. The average molecular weight is 477 g/mol. The van der Waals surface area contributed by atoms with Crippen LogP contribution in [0.4, 0.5) is 0 Å². The molecule has 196 valence electrons. The van der Waals surface area contributed by atoms with E-state index in [1.54, 1.807) is 11.1 Å². The van der Waals surface area contributed by atoms with Gasteiger partial charge in [0.2, 0.25) is 0 Å². The molecule has 0 aliphatic heterocycles. The molecule has 0 aromatic heterocycles. The van der Waals surface area contributed by atoms with E-state index in [-0.39, 0.29) is 34.2 Å². The predicted molar refractivity (Wildman–Crippen MR) is 139 cm³/mol. The molecular formula is C30H52O4. The summed E-state index contributed by atoms with van der Waals surface area (Å²) in [5.74, 6) is -0.168. The molecular weight excluding hydrogens is 424 g/mol. The Morgan fingerprint density at radius 1 is 1.09 bits per heavy atom. The third-order valence-electron chi connectivity index (χ3n) is 11.1. The van der Waals surface area contributed by atoms with Crippen molar-refractivity contribution < 1.29 is 20.1 Å². The number of aliphatic hydroxyl groups excluding tert-OH is 1. The molecule has 0 amide bonds. The van der Waals surface area contributed by atoms with Crippen LogP contribution in [-0.2, 0) is 4.79 Å². The molecule has 0 aromatic rings. The summed E-state index contributed by atoms with van der Waals surface area (Å²) >= 11 is 0. The van der Waals surface area contributed by atoms with Gasteiger partial charge in [0.25, 0.3) is 0 Å². The van der Waals surface area contributed by atoms with E-state index in [1.807, 2.05) is 13.8 Å². The van der Waals surface area contributed by atoms with Crippen molar-refractivity contribution >= 4 is 5.97 Å². The minimum absolute atomic E-state index is 0.00798. The van der Waals surface area contributed by atoms with E-state index in [4.69, 9.17) is 0 Å². The molecule has 0 heterocycles. The number of aliphatic carboxylic acids is 1. The van der Waals surface area contributed by atoms with E-state index >= 15 is 0 Å². The zero-order valence-electron chi connectivity index (χ0n) is 23.0. The minimum Gasteiger partial charge on any atom is -0.481 e. The number of fused-ring (bicyclic) bond motifs is 2. The first kappa shape index (κ1) is 27.7. The van der Waals surface area contributed by atoms with Gasteiger partial charge in [-0.3, -0.25) is 4.79 Å². The fourth-order valence-corrected chi connectivity index (χ4v) is 8.28. The van der Waals surface area contributed by atoms with Crippen molar-refractivity contribution in [1.29, 1.82) is 0 Å². The van der Waals surface area contributed by atoms with Gasteiger partial charge in [0.05, 0.1) is 17.6 Å². The minimum atomic E-state index is -0.740. The van der Waals surface area contributed by atoms with Crippen molar-refractivity contribution in [3.8, 4) is 0 Å². The van der Waals surface area contributed by atoms with Crippen LogP contribution < -0.4 is 0 Å². The summed E-state index contributed by atoms with van der Waals surface area (Å²) in [5, 5.41) is 30.7. The molecule has 3 aliphatic carbocycles. The van der Waals surface area contributed by atoms with Crippen LogP contribution in [0.15, 0.2) is 11.1 Å². The van der Waals surface area contributed by atoms with Crippen LogP contribution >= 0.6 is 0 Å². The molecule has 34 heavy (non-hydrogen) atoms. The highest BCUT2D eigenvalue weighted by atomic mass is 16.4. The molecule has 3 N–H and O–H groups in total. The van der Waals surface area contributed by atoms with Gasteiger partial charge in [-0.25, -0.2) is 0 Å². The Hall–Kier alpha value is -0.870. The predicted octanol–water partition coefficient (Wildman–Crippen LogP) is 7.13. The highest BCUT2D eigenvalue weighted by molar-refractivity contribution is 5.70. The van der Waals surface area contributed by atoms with Gasteiger partial charge in [-0.1, -0.05) is 45.8 Å². The number of hydrogen-bond donors (Lipinski definition) is 3. The Morgan fingerprint density at radius 3 is 2.35 bits per heavy atom. The third-order valence-corrected chi connectivity index (χ3v) is 11.1.